The van der Waals surface area contributed by atoms with E-state index in [4.69, 9.17) is 0 Å². The van der Waals surface area contributed by atoms with E-state index in [0.717, 1.165) is 26.4 Å². The van der Waals surface area contributed by atoms with Crippen LogP contribution >= 0.6 is 11.3 Å². The maximum Gasteiger partial charge on any atom is 0.282 e. The highest BCUT2D eigenvalue weighted by atomic mass is 32.1. The molecule has 116 valence electrons. The third kappa shape index (κ3) is 3.14. The van der Waals surface area contributed by atoms with E-state index in [1.807, 2.05) is 57.2 Å². The number of aromatic nitrogens is 2. The van der Waals surface area contributed by atoms with Gasteiger partial charge in [0.05, 0.1) is 11.6 Å². The van der Waals surface area contributed by atoms with Crippen LogP contribution < -0.4 is 5.56 Å². The third-order valence-corrected chi connectivity index (χ3v) is 4.77. The molecule has 23 heavy (non-hydrogen) atoms. The maximum atomic E-state index is 12.5. The smallest absolute Gasteiger partial charge is 0.267 e. The van der Waals surface area contributed by atoms with Crippen LogP contribution in [-0.4, -0.2) is 15.9 Å². The summed E-state index contributed by atoms with van der Waals surface area (Å²) < 4.78 is 1.30. The molecule has 0 aliphatic heterocycles. The predicted molar refractivity (Wildman–Crippen MR) is 97.3 cm³/mol. The molecule has 0 bridgehead atoms. The summed E-state index contributed by atoms with van der Waals surface area (Å²) in [6.07, 6.45) is 5.17. The first-order valence-electron chi connectivity index (χ1n) is 7.31. The van der Waals surface area contributed by atoms with Crippen molar-refractivity contribution in [1.29, 1.82) is 0 Å². The second kappa shape index (κ2) is 6.30. The van der Waals surface area contributed by atoms with Crippen molar-refractivity contribution < 1.29 is 0 Å². The molecule has 1 aromatic carbocycles. The fourth-order valence-corrected chi connectivity index (χ4v) is 3.30. The minimum Gasteiger partial charge on any atom is -0.267 e. The third-order valence-electron chi connectivity index (χ3n) is 3.65. The number of benzene rings is 1. The van der Waals surface area contributed by atoms with Crippen molar-refractivity contribution in [3.8, 4) is 0 Å². The molecule has 0 atom stereocenters. The van der Waals surface area contributed by atoms with Crippen LogP contribution in [0.4, 0.5) is 0 Å². The van der Waals surface area contributed by atoms with Crippen molar-refractivity contribution in [2.45, 2.75) is 20.8 Å². The highest BCUT2D eigenvalue weighted by Gasteiger charge is 2.11. The predicted octanol–water partition coefficient (Wildman–Crippen LogP) is 4.01. The summed E-state index contributed by atoms with van der Waals surface area (Å²) in [6, 6.07) is 10.00. The number of allylic oxidation sites excluding steroid dienone is 1. The van der Waals surface area contributed by atoms with Gasteiger partial charge in [0, 0.05) is 4.88 Å². The molecule has 4 nitrogen and oxygen atoms in total. The molecule has 2 aromatic heterocycles. The van der Waals surface area contributed by atoms with Gasteiger partial charge >= 0.3 is 0 Å². The number of rotatable bonds is 3. The van der Waals surface area contributed by atoms with Gasteiger partial charge in [-0.25, -0.2) is 4.98 Å². The van der Waals surface area contributed by atoms with E-state index in [0.29, 0.717) is 5.39 Å². The van der Waals surface area contributed by atoms with Gasteiger partial charge < -0.3 is 0 Å². The number of nitrogens with zero attached hydrogens (tertiary/aromatic N) is 3. The van der Waals surface area contributed by atoms with Crippen LogP contribution in [0.2, 0.25) is 0 Å². The standard InChI is InChI=1S/C18H17N3OS/c1-12(9-15-7-5-4-6-8-15)10-20-21-11-19-17-16(18(21)22)13(2)14(3)23-17/h4-11H,1-3H3/b12-9+,20-10+. The average Bonchev–Trinajstić information content (AvgIpc) is 2.83. The van der Waals surface area contributed by atoms with Gasteiger partial charge in [0.25, 0.3) is 5.56 Å². The minimum atomic E-state index is -0.124. The van der Waals surface area contributed by atoms with Crippen molar-refractivity contribution in [2.75, 3.05) is 0 Å². The zero-order valence-corrected chi connectivity index (χ0v) is 14.1. The highest BCUT2D eigenvalue weighted by Crippen LogP contribution is 2.25. The van der Waals surface area contributed by atoms with E-state index in [-0.39, 0.29) is 5.56 Å². The van der Waals surface area contributed by atoms with Gasteiger partial charge in [-0.15, -0.1) is 11.3 Å². The number of hydrogen-bond donors (Lipinski definition) is 0. The largest absolute Gasteiger partial charge is 0.282 e. The van der Waals surface area contributed by atoms with Crippen LogP contribution in [0.3, 0.4) is 0 Å². The Morgan fingerprint density at radius 2 is 2.00 bits per heavy atom. The SMILES string of the molecule is CC(/C=N/n1cnc2sc(C)c(C)c2c1=O)=C\c1ccccc1. The second-order valence-electron chi connectivity index (χ2n) is 5.40. The Bertz CT molecular complexity index is 965. The van der Waals surface area contributed by atoms with E-state index in [1.165, 1.54) is 11.0 Å². The minimum absolute atomic E-state index is 0.124. The topological polar surface area (TPSA) is 47.2 Å². The Hall–Kier alpha value is -2.53. The molecular formula is C18H17N3OS. The lowest BCUT2D eigenvalue weighted by Crippen LogP contribution is -2.16. The summed E-state index contributed by atoms with van der Waals surface area (Å²) >= 11 is 1.54. The van der Waals surface area contributed by atoms with E-state index in [1.54, 1.807) is 17.6 Å². The van der Waals surface area contributed by atoms with Gasteiger partial charge in [-0.1, -0.05) is 36.4 Å². The van der Waals surface area contributed by atoms with Crippen molar-refractivity contribution in [1.82, 2.24) is 9.66 Å². The lowest BCUT2D eigenvalue weighted by atomic mass is 10.1. The molecule has 0 radical (unpaired) electrons. The summed E-state index contributed by atoms with van der Waals surface area (Å²) in [5.74, 6) is 0. The van der Waals surface area contributed by atoms with Crippen molar-refractivity contribution >= 4 is 33.8 Å². The number of aryl methyl sites for hydroxylation is 2. The Morgan fingerprint density at radius 3 is 2.74 bits per heavy atom. The molecule has 3 aromatic rings. The number of hydrogen-bond acceptors (Lipinski definition) is 4. The molecule has 0 saturated heterocycles. The lowest BCUT2D eigenvalue weighted by molar-refractivity contribution is 0.817. The van der Waals surface area contributed by atoms with E-state index >= 15 is 0 Å². The fraction of sp³-hybridized carbons (Fsp3) is 0.167. The molecular weight excluding hydrogens is 306 g/mol. The first kappa shape index (κ1) is 15.4. The summed E-state index contributed by atoms with van der Waals surface area (Å²) in [7, 11) is 0. The van der Waals surface area contributed by atoms with Crippen LogP contribution in [-0.2, 0) is 0 Å². The molecule has 2 heterocycles. The Labute approximate surface area is 138 Å². The monoisotopic (exact) mass is 323 g/mol. The van der Waals surface area contributed by atoms with Gasteiger partial charge in [0.2, 0.25) is 0 Å². The summed E-state index contributed by atoms with van der Waals surface area (Å²) in [5, 5.41) is 4.92. The molecule has 0 spiro atoms. The van der Waals surface area contributed by atoms with Crippen molar-refractivity contribution in [3.05, 3.63) is 68.6 Å². The molecule has 0 amide bonds. The van der Waals surface area contributed by atoms with Crippen molar-refractivity contribution in [3.63, 3.8) is 0 Å². The van der Waals surface area contributed by atoms with Crippen LogP contribution in [0.5, 0.6) is 0 Å². The maximum absolute atomic E-state index is 12.5. The zero-order chi connectivity index (χ0) is 16.4. The van der Waals surface area contributed by atoms with Gasteiger partial charge in [-0.05, 0) is 37.5 Å². The summed E-state index contributed by atoms with van der Waals surface area (Å²) in [4.78, 5) is 18.8. The first-order valence-corrected chi connectivity index (χ1v) is 8.13. The average molecular weight is 323 g/mol. The number of fused-ring (bicyclic) bond motifs is 1. The Morgan fingerprint density at radius 1 is 1.26 bits per heavy atom. The highest BCUT2D eigenvalue weighted by molar-refractivity contribution is 7.18. The molecule has 0 N–H and O–H groups in total. The second-order valence-corrected chi connectivity index (χ2v) is 6.60. The molecule has 0 fully saturated rings. The summed E-state index contributed by atoms with van der Waals surface area (Å²) in [6.45, 7) is 5.90. The van der Waals surface area contributed by atoms with E-state index < -0.39 is 0 Å². The van der Waals surface area contributed by atoms with E-state index in [2.05, 4.69) is 10.1 Å². The Kier molecular flexibility index (Phi) is 4.21. The van der Waals surface area contributed by atoms with Crippen LogP contribution in [0.15, 0.2) is 52.1 Å². The van der Waals surface area contributed by atoms with Crippen LogP contribution in [0.25, 0.3) is 16.3 Å². The van der Waals surface area contributed by atoms with E-state index in [9.17, 15) is 4.79 Å². The van der Waals surface area contributed by atoms with Gasteiger partial charge in [0.1, 0.15) is 11.2 Å². The Balaban J connectivity index is 1.95. The van der Waals surface area contributed by atoms with Crippen molar-refractivity contribution in [2.24, 2.45) is 5.10 Å². The molecule has 0 unspecified atom stereocenters. The quantitative estimate of drug-likeness (QED) is 0.684. The number of thiophene rings is 1. The first-order chi connectivity index (χ1) is 11.1. The molecule has 0 aliphatic carbocycles. The van der Waals surface area contributed by atoms with Gasteiger partial charge in [-0.2, -0.15) is 9.78 Å². The van der Waals surface area contributed by atoms with Crippen LogP contribution in [0.1, 0.15) is 22.9 Å². The summed E-state index contributed by atoms with van der Waals surface area (Å²) in [5.41, 5.74) is 2.92. The molecule has 0 saturated carbocycles. The van der Waals surface area contributed by atoms with Gasteiger partial charge in [0.15, 0.2) is 0 Å². The van der Waals surface area contributed by atoms with Crippen LogP contribution in [0, 0.1) is 13.8 Å². The molecule has 5 heteroatoms. The van der Waals surface area contributed by atoms with Gasteiger partial charge in [-0.3, -0.25) is 4.79 Å². The fourth-order valence-electron chi connectivity index (χ4n) is 2.31. The molecule has 3 rings (SSSR count). The lowest BCUT2D eigenvalue weighted by Gasteiger charge is -1.99. The normalized spacial score (nSPS) is 12.4. The zero-order valence-electron chi connectivity index (χ0n) is 13.3. The molecule has 0 aliphatic rings.